The zero-order chi connectivity index (χ0) is 21.9. The number of hydrogen-bond acceptors (Lipinski definition) is 6. The Hall–Kier alpha value is -2.96. The zero-order valence-electron chi connectivity index (χ0n) is 15.2. The minimum atomic E-state index is -4.89. The number of rotatable bonds is 6. The van der Waals surface area contributed by atoms with Gasteiger partial charge < -0.3 is 4.74 Å². The number of hydrazine groups is 1. The first-order chi connectivity index (χ1) is 14.0. The number of nitrogens with one attached hydrogen (secondary N) is 2. The second kappa shape index (κ2) is 8.42. The number of benzene rings is 2. The van der Waals surface area contributed by atoms with Crippen LogP contribution in [0, 0.1) is 6.92 Å². The summed E-state index contributed by atoms with van der Waals surface area (Å²) in [5.74, 6) is -1.29. The van der Waals surface area contributed by atoms with Crippen LogP contribution in [0.2, 0.25) is 0 Å². The molecule has 0 saturated carbocycles. The molecule has 1 amide bonds. The van der Waals surface area contributed by atoms with Crippen LogP contribution in [0.1, 0.15) is 15.4 Å². The third-order valence-electron chi connectivity index (χ3n) is 3.69. The van der Waals surface area contributed by atoms with E-state index in [4.69, 9.17) is 0 Å². The number of aromatic nitrogens is 1. The SMILES string of the molecule is Cc1nc(-c2ccccc2)sc1C(=O)NNS(=O)(=O)c1ccc(OC(F)(F)F)cc1. The molecule has 0 aliphatic rings. The van der Waals surface area contributed by atoms with Crippen LogP contribution in [0.3, 0.4) is 0 Å². The lowest BCUT2D eigenvalue weighted by molar-refractivity contribution is -0.274. The normalized spacial score (nSPS) is 11.9. The minimum absolute atomic E-state index is 0.213. The van der Waals surface area contributed by atoms with Gasteiger partial charge in [0.05, 0.1) is 10.6 Å². The van der Waals surface area contributed by atoms with Gasteiger partial charge in [0.25, 0.3) is 15.9 Å². The topological polar surface area (TPSA) is 97.4 Å². The van der Waals surface area contributed by atoms with E-state index in [1.54, 1.807) is 6.92 Å². The summed E-state index contributed by atoms with van der Waals surface area (Å²) in [7, 11) is -4.22. The van der Waals surface area contributed by atoms with Crippen LogP contribution >= 0.6 is 11.3 Å². The molecule has 7 nitrogen and oxygen atoms in total. The van der Waals surface area contributed by atoms with Crippen LogP contribution in [-0.4, -0.2) is 25.7 Å². The van der Waals surface area contributed by atoms with Gasteiger partial charge in [-0.05, 0) is 31.2 Å². The Morgan fingerprint density at radius 3 is 2.30 bits per heavy atom. The Bertz CT molecular complexity index is 1150. The lowest BCUT2D eigenvalue weighted by Crippen LogP contribution is -2.41. The molecule has 3 aromatic rings. The first-order valence-corrected chi connectivity index (χ1v) is 10.6. The molecule has 0 saturated heterocycles. The second-order valence-electron chi connectivity index (χ2n) is 5.88. The van der Waals surface area contributed by atoms with Crippen molar-refractivity contribution >= 4 is 27.3 Å². The lowest BCUT2D eigenvalue weighted by atomic mass is 10.2. The van der Waals surface area contributed by atoms with Crippen LogP contribution in [-0.2, 0) is 10.0 Å². The van der Waals surface area contributed by atoms with E-state index >= 15 is 0 Å². The average Bonchev–Trinajstić information content (AvgIpc) is 3.08. The van der Waals surface area contributed by atoms with E-state index in [0.29, 0.717) is 10.7 Å². The maximum Gasteiger partial charge on any atom is 0.573 e. The van der Waals surface area contributed by atoms with E-state index in [-0.39, 0.29) is 9.77 Å². The Morgan fingerprint density at radius 2 is 1.70 bits per heavy atom. The van der Waals surface area contributed by atoms with Gasteiger partial charge in [0.1, 0.15) is 15.6 Å². The fourth-order valence-corrected chi connectivity index (χ4v) is 4.17. The van der Waals surface area contributed by atoms with Crippen molar-refractivity contribution < 1.29 is 31.1 Å². The highest BCUT2D eigenvalue weighted by Crippen LogP contribution is 2.28. The number of carbonyl (C=O) groups excluding carboxylic acids is 1. The molecule has 1 heterocycles. The number of hydrogen-bond donors (Lipinski definition) is 2. The molecule has 0 spiro atoms. The first-order valence-electron chi connectivity index (χ1n) is 8.26. The fourth-order valence-electron chi connectivity index (χ4n) is 2.36. The predicted molar refractivity (Wildman–Crippen MR) is 103 cm³/mol. The summed E-state index contributed by atoms with van der Waals surface area (Å²) in [4.78, 5) is 18.5. The average molecular weight is 457 g/mol. The fraction of sp³-hybridized carbons (Fsp3) is 0.111. The van der Waals surface area contributed by atoms with Crippen molar-refractivity contribution in [2.24, 2.45) is 0 Å². The van der Waals surface area contributed by atoms with Crippen molar-refractivity contribution in [1.82, 2.24) is 15.2 Å². The van der Waals surface area contributed by atoms with Gasteiger partial charge >= 0.3 is 6.36 Å². The van der Waals surface area contributed by atoms with Crippen molar-refractivity contribution in [3.8, 4) is 16.3 Å². The number of nitrogens with zero attached hydrogens (tertiary/aromatic N) is 1. The number of sulfonamides is 1. The molecule has 0 unspecified atom stereocenters. The minimum Gasteiger partial charge on any atom is -0.406 e. The quantitative estimate of drug-likeness (QED) is 0.551. The van der Waals surface area contributed by atoms with Crippen molar-refractivity contribution in [1.29, 1.82) is 0 Å². The molecule has 0 bridgehead atoms. The van der Waals surface area contributed by atoms with E-state index in [2.05, 4.69) is 15.1 Å². The molecule has 0 radical (unpaired) electrons. The summed E-state index contributed by atoms with van der Waals surface area (Å²) in [5.41, 5.74) is 3.31. The highest BCUT2D eigenvalue weighted by Gasteiger charge is 2.31. The van der Waals surface area contributed by atoms with Gasteiger partial charge in [-0.1, -0.05) is 30.3 Å². The number of amides is 1. The van der Waals surface area contributed by atoms with Gasteiger partial charge in [0, 0.05) is 5.56 Å². The molecule has 0 aliphatic carbocycles. The van der Waals surface area contributed by atoms with Crippen LogP contribution in [0.4, 0.5) is 13.2 Å². The Balaban J connectivity index is 1.69. The van der Waals surface area contributed by atoms with E-state index in [1.807, 2.05) is 35.2 Å². The summed E-state index contributed by atoms with van der Waals surface area (Å²) < 4.78 is 64.8. The lowest BCUT2D eigenvalue weighted by Gasteiger charge is -2.10. The third kappa shape index (κ3) is 5.34. The standard InChI is InChI=1S/C18H14F3N3O4S2/c1-11-15(29-17(22-11)12-5-3-2-4-6-12)16(25)23-24-30(26,27)14-9-7-13(8-10-14)28-18(19,20)21/h2-10,24H,1H3,(H,23,25). The molecule has 0 atom stereocenters. The highest BCUT2D eigenvalue weighted by atomic mass is 32.2. The van der Waals surface area contributed by atoms with E-state index in [0.717, 1.165) is 41.2 Å². The Kier molecular flexibility index (Phi) is 6.10. The summed E-state index contributed by atoms with van der Waals surface area (Å²) in [6.45, 7) is 1.62. The Morgan fingerprint density at radius 1 is 1.07 bits per heavy atom. The molecular formula is C18H14F3N3O4S2. The van der Waals surface area contributed by atoms with Crippen molar-refractivity contribution in [3.63, 3.8) is 0 Å². The van der Waals surface area contributed by atoms with Gasteiger partial charge in [-0.3, -0.25) is 10.2 Å². The predicted octanol–water partition coefficient (Wildman–Crippen LogP) is 3.64. The van der Waals surface area contributed by atoms with Crippen molar-refractivity contribution in [3.05, 3.63) is 65.2 Å². The largest absolute Gasteiger partial charge is 0.573 e. The second-order valence-corrected chi connectivity index (χ2v) is 8.56. The zero-order valence-corrected chi connectivity index (χ0v) is 16.9. The van der Waals surface area contributed by atoms with Gasteiger partial charge in [0.2, 0.25) is 0 Å². The van der Waals surface area contributed by atoms with Gasteiger partial charge in [-0.25, -0.2) is 13.4 Å². The molecule has 12 heteroatoms. The number of carbonyl (C=O) groups is 1. The molecule has 1 aromatic heterocycles. The first kappa shape index (κ1) is 21.7. The van der Waals surface area contributed by atoms with Gasteiger partial charge in [-0.15, -0.1) is 29.3 Å². The van der Waals surface area contributed by atoms with Crippen molar-refractivity contribution in [2.75, 3.05) is 0 Å². The third-order valence-corrected chi connectivity index (χ3v) is 6.16. The maximum absolute atomic E-state index is 12.4. The number of alkyl halides is 3. The van der Waals surface area contributed by atoms with Crippen LogP contribution in [0.5, 0.6) is 5.75 Å². The highest BCUT2D eigenvalue weighted by molar-refractivity contribution is 7.89. The molecule has 158 valence electrons. The van der Waals surface area contributed by atoms with E-state index in [9.17, 15) is 26.4 Å². The van der Waals surface area contributed by atoms with Crippen LogP contribution < -0.4 is 15.0 Å². The summed E-state index contributed by atoms with van der Waals surface area (Å²) in [6.07, 6.45) is -4.89. The molecule has 3 rings (SSSR count). The smallest absolute Gasteiger partial charge is 0.406 e. The molecule has 0 aliphatic heterocycles. The van der Waals surface area contributed by atoms with Crippen molar-refractivity contribution in [2.45, 2.75) is 18.2 Å². The summed E-state index contributed by atoms with van der Waals surface area (Å²) in [6, 6.07) is 12.7. The summed E-state index contributed by atoms with van der Waals surface area (Å²) >= 11 is 1.09. The molecule has 0 fully saturated rings. The number of thiazole rings is 1. The number of ether oxygens (including phenoxy) is 1. The van der Waals surface area contributed by atoms with Gasteiger partial charge in [0.15, 0.2) is 0 Å². The number of aryl methyl sites for hydroxylation is 1. The summed E-state index contributed by atoms with van der Waals surface area (Å²) in [5, 5.41) is 0.598. The molecular weight excluding hydrogens is 443 g/mol. The Labute approximate surface area is 173 Å². The molecule has 2 aromatic carbocycles. The number of halogens is 3. The molecule has 30 heavy (non-hydrogen) atoms. The van der Waals surface area contributed by atoms with E-state index in [1.165, 1.54) is 0 Å². The molecule has 2 N–H and O–H groups in total. The van der Waals surface area contributed by atoms with Crippen LogP contribution in [0.25, 0.3) is 10.6 Å². The van der Waals surface area contributed by atoms with Gasteiger partial charge in [-0.2, -0.15) is 0 Å². The maximum atomic E-state index is 12.4. The van der Waals surface area contributed by atoms with E-state index < -0.39 is 28.0 Å². The van der Waals surface area contributed by atoms with Crippen LogP contribution in [0.15, 0.2) is 59.5 Å². The monoisotopic (exact) mass is 457 g/mol.